The summed E-state index contributed by atoms with van der Waals surface area (Å²) < 4.78 is 39.8. The number of nitrogens with zero attached hydrogens (tertiary/aromatic N) is 1. The quantitative estimate of drug-likeness (QED) is 0.884. The Balaban J connectivity index is 2.48. The molecule has 2 N–H and O–H groups in total. The van der Waals surface area contributed by atoms with Crippen LogP contribution < -0.4 is 10.6 Å². The highest BCUT2D eigenvalue weighted by Gasteiger charge is 2.64. The summed E-state index contributed by atoms with van der Waals surface area (Å²) in [6.45, 7) is 1.38. The smallest absolute Gasteiger partial charge is 0.316 e. The van der Waals surface area contributed by atoms with Crippen LogP contribution in [0.2, 0.25) is 0 Å². The van der Waals surface area contributed by atoms with E-state index in [1.165, 1.54) is 19.1 Å². The minimum absolute atomic E-state index is 0.193. The molecule has 1 atom stereocenters. The van der Waals surface area contributed by atoms with Gasteiger partial charge in [0.25, 0.3) is 5.91 Å². The number of aliphatic imine (C=N–C) groups is 1. The first-order chi connectivity index (χ1) is 9.80. The van der Waals surface area contributed by atoms with Crippen LogP contribution >= 0.6 is 0 Å². The summed E-state index contributed by atoms with van der Waals surface area (Å²) in [6, 6.07) is 7.89. The predicted molar refractivity (Wildman–Crippen MR) is 68.3 cm³/mol. The fourth-order valence-electron chi connectivity index (χ4n) is 1.82. The monoisotopic (exact) mass is 299 g/mol. The number of rotatable bonds is 3. The van der Waals surface area contributed by atoms with Gasteiger partial charge in [0, 0.05) is 12.0 Å². The van der Waals surface area contributed by atoms with Crippen molar-refractivity contribution in [3.05, 3.63) is 35.9 Å². The second kappa shape index (κ2) is 5.19. The molecule has 0 saturated heterocycles. The maximum Gasteiger partial charge on any atom is 0.442 e. The van der Waals surface area contributed by atoms with E-state index >= 15 is 0 Å². The number of amides is 2. The highest BCUT2D eigenvalue weighted by molar-refractivity contribution is 6.16. The Kier molecular flexibility index (Phi) is 3.71. The summed E-state index contributed by atoms with van der Waals surface area (Å²) in [6.07, 6.45) is -5.24. The lowest BCUT2D eigenvalue weighted by Gasteiger charge is -2.26. The van der Waals surface area contributed by atoms with Crippen molar-refractivity contribution in [2.24, 2.45) is 4.99 Å². The third-order valence-corrected chi connectivity index (χ3v) is 2.94. The maximum absolute atomic E-state index is 13.3. The van der Waals surface area contributed by atoms with Crippen molar-refractivity contribution < 1.29 is 22.8 Å². The van der Waals surface area contributed by atoms with Gasteiger partial charge in [-0.05, 0) is 0 Å². The van der Waals surface area contributed by atoms with Crippen LogP contribution in [0.25, 0.3) is 0 Å². The van der Waals surface area contributed by atoms with E-state index in [-0.39, 0.29) is 12.3 Å². The van der Waals surface area contributed by atoms with Crippen LogP contribution in [0.5, 0.6) is 0 Å². The van der Waals surface area contributed by atoms with Crippen LogP contribution in [0.1, 0.15) is 18.9 Å². The van der Waals surface area contributed by atoms with E-state index in [2.05, 4.69) is 10.3 Å². The molecule has 21 heavy (non-hydrogen) atoms. The van der Waals surface area contributed by atoms with Crippen LogP contribution in [0.3, 0.4) is 0 Å². The number of carbonyl (C=O) groups excluding carboxylic acids is 2. The number of halogens is 3. The molecule has 112 valence electrons. The number of nitrogens with one attached hydrogen (secondary N) is 2. The zero-order valence-corrected chi connectivity index (χ0v) is 11.0. The standard InChI is InChI=1S/C13H12F3N3O2/c1-2-9(20)18-12(13(14,15)16)11(21)17-10(19-12)8-6-4-3-5-7-8/h3-7H,2H2,1H3,(H,18,20)(H,17,19,21)/t12-/m1/s1. The number of hydrogen-bond donors (Lipinski definition) is 2. The van der Waals surface area contributed by atoms with Crippen LogP contribution in [-0.4, -0.2) is 29.5 Å². The molecule has 0 fully saturated rings. The lowest BCUT2D eigenvalue weighted by molar-refractivity contribution is -0.196. The van der Waals surface area contributed by atoms with E-state index in [4.69, 9.17) is 0 Å². The summed E-state index contributed by atoms with van der Waals surface area (Å²) >= 11 is 0. The fraction of sp³-hybridized carbons (Fsp3) is 0.308. The highest BCUT2D eigenvalue weighted by atomic mass is 19.4. The van der Waals surface area contributed by atoms with E-state index in [0.717, 1.165) is 0 Å². The Labute approximate surface area is 118 Å². The molecular weight excluding hydrogens is 287 g/mol. The molecule has 0 bridgehead atoms. The molecule has 0 radical (unpaired) electrons. The molecule has 1 aliphatic rings. The van der Waals surface area contributed by atoms with Gasteiger partial charge in [-0.3, -0.25) is 9.59 Å². The van der Waals surface area contributed by atoms with Gasteiger partial charge in [-0.2, -0.15) is 13.2 Å². The first-order valence-corrected chi connectivity index (χ1v) is 6.14. The Morgan fingerprint density at radius 1 is 1.33 bits per heavy atom. The Bertz CT molecular complexity index is 598. The van der Waals surface area contributed by atoms with Crippen molar-refractivity contribution in [1.82, 2.24) is 10.6 Å². The van der Waals surface area contributed by atoms with Gasteiger partial charge in [0.05, 0.1) is 0 Å². The van der Waals surface area contributed by atoms with E-state index in [9.17, 15) is 22.8 Å². The van der Waals surface area contributed by atoms with Crippen LogP contribution in [-0.2, 0) is 9.59 Å². The van der Waals surface area contributed by atoms with Gasteiger partial charge < -0.3 is 10.6 Å². The number of carbonyl (C=O) groups is 2. The largest absolute Gasteiger partial charge is 0.442 e. The number of amidine groups is 1. The van der Waals surface area contributed by atoms with E-state index in [1.807, 2.05) is 0 Å². The lowest BCUT2D eigenvalue weighted by Crippen LogP contribution is -2.62. The van der Waals surface area contributed by atoms with E-state index in [0.29, 0.717) is 5.56 Å². The molecule has 2 rings (SSSR count). The predicted octanol–water partition coefficient (Wildman–Crippen LogP) is 1.35. The summed E-state index contributed by atoms with van der Waals surface area (Å²) in [5.74, 6) is -2.56. The molecule has 0 saturated carbocycles. The SMILES string of the molecule is CCC(=O)N[C@@]1(C(F)(F)F)N=C(c2ccccc2)NC1=O. The van der Waals surface area contributed by atoms with Gasteiger partial charge in [0.2, 0.25) is 5.91 Å². The Morgan fingerprint density at radius 3 is 2.48 bits per heavy atom. The molecule has 0 aromatic heterocycles. The highest BCUT2D eigenvalue weighted by Crippen LogP contribution is 2.35. The van der Waals surface area contributed by atoms with E-state index < -0.39 is 23.7 Å². The summed E-state index contributed by atoms with van der Waals surface area (Å²) in [4.78, 5) is 26.6. The molecule has 1 aliphatic heterocycles. The normalized spacial score (nSPS) is 21.7. The maximum atomic E-state index is 13.3. The zero-order chi connectivity index (χ0) is 15.7. The molecule has 1 heterocycles. The van der Waals surface area contributed by atoms with Gasteiger partial charge in [0.15, 0.2) is 0 Å². The van der Waals surface area contributed by atoms with Crippen molar-refractivity contribution in [2.45, 2.75) is 25.2 Å². The Morgan fingerprint density at radius 2 is 1.95 bits per heavy atom. The van der Waals surface area contributed by atoms with Gasteiger partial charge >= 0.3 is 11.8 Å². The molecule has 0 spiro atoms. The second-order valence-electron chi connectivity index (χ2n) is 4.39. The van der Waals surface area contributed by atoms with Gasteiger partial charge in [0.1, 0.15) is 5.84 Å². The van der Waals surface area contributed by atoms with Crippen LogP contribution in [0.4, 0.5) is 13.2 Å². The van der Waals surface area contributed by atoms with Crippen LogP contribution in [0.15, 0.2) is 35.3 Å². The van der Waals surface area contributed by atoms with Crippen molar-refractivity contribution in [1.29, 1.82) is 0 Å². The molecule has 1 aromatic rings. The average molecular weight is 299 g/mol. The van der Waals surface area contributed by atoms with Crippen LogP contribution in [0, 0.1) is 0 Å². The molecule has 2 amide bonds. The topological polar surface area (TPSA) is 70.6 Å². The van der Waals surface area contributed by atoms with Crippen molar-refractivity contribution in [3.8, 4) is 0 Å². The summed E-state index contributed by atoms with van der Waals surface area (Å²) in [5, 5.41) is 3.74. The minimum atomic E-state index is -5.04. The summed E-state index contributed by atoms with van der Waals surface area (Å²) in [7, 11) is 0. The fourth-order valence-corrected chi connectivity index (χ4v) is 1.82. The van der Waals surface area contributed by atoms with Crippen molar-refractivity contribution in [3.63, 3.8) is 0 Å². The minimum Gasteiger partial charge on any atom is -0.316 e. The molecule has 1 aromatic carbocycles. The number of alkyl halides is 3. The molecule has 8 heteroatoms. The molecule has 0 unspecified atom stereocenters. The molecular formula is C13H12F3N3O2. The van der Waals surface area contributed by atoms with Crippen molar-refractivity contribution >= 4 is 17.6 Å². The number of hydrogen-bond acceptors (Lipinski definition) is 3. The second-order valence-corrected chi connectivity index (χ2v) is 4.39. The first-order valence-electron chi connectivity index (χ1n) is 6.14. The lowest BCUT2D eigenvalue weighted by atomic mass is 10.1. The molecule has 5 nitrogen and oxygen atoms in total. The third-order valence-electron chi connectivity index (χ3n) is 2.94. The van der Waals surface area contributed by atoms with Gasteiger partial charge in [-0.1, -0.05) is 37.3 Å². The first kappa shape index (κ1) is 15.0. The number of benzene rings is 1. The zero-order valence-electron chi connectivity index (χ0n) is 11.0. The van der Waals surface area contributed by atoms with Crippen molar-refractivity contribution in [2.75, 3.05) is 0 Å². The molecule has 0 aliphatic carbocycles. The van der Waals surface area contributed by atoms with E-state index in [1.54, 1.807) is 23.5 Å². The average Bonchev–Trinajstić information content (AvgIpc) is 2.78. The van der Waals surface area contributed by atoms with Gasteiger partial charge in [-0.15, -0.1) is 0 Å². The van der Waals surface area contributed by atoms with Gasteiger partial charge in [-0.25, -0.2) is 4.99 Å². The summed E-state index contributed by atoms with van der Waals surface area (Å²) in [5.41, 5.74) is -2.95. The third kappa shape index (κ3) is 2.61. The Hall–Kier alpha value is -2.38.